The second-order valence-electron chi connectivity index (χ2n) is 7.68. The molecular formula is C17H23NS. The Morgan fingerprint density at radius 2 is 1.74 bits per heavy atom. The van der Waals surface area contributed by atoms with E-state index in [1.54, 1.807) is 34.6 Å². The van der Waals surface area contributed by atoms with E-state index in [-0.39, 0.29) is 0 Å². The Morgan fingerprint density at radius 3 is 2.37 bits per heavy atom. The van der Waals surface area contributed by atoms with Crippen molar-refractivity contribution in [2.75, 3.05) is 6.54 Å². The average molecular weight is 273 g/mol. The van der Waals surface area contributed by atoms with E-state index in [4.69, 9.17) is 0 Å². The van der Waals surface area contributed by atoms with Gasteiger partial charge in [-0.25, -0.2) is 0 Å². The topological polar surface area (TPSA) is 12.0 Å². The maximum Gasteiger partial charge on any atom is 0.0302 e. The molecule has 2 heterocycles. The number of rotatable bonds is 1. The summed E-state index contributed by atoms with van der Waals surface area (Å²) in [4.78, 5) is 3.43. The van der Waals surface area contributed by atoms with E-state index in [0.717, 1.165) is 24.3 Å². The fourth-order valence-corrected chi connectivity index (χ4v) is 7.33. The van der Waals surface area contributed by atoms with E-state index in [2.05, 4.69) is 22.7 Å². The highest BCUT2D eigenvalue weighted by atomic mass is 32.1. The third kappa shape index (κ3) is 1.62. The van der Waals surface area contributed by atoms with Crippen LogP contribution in [0, 0.1) is 17.8 Å². The van der Waals surface area contributed by atoms with Crippen molar-refractivity contribution in [3.05, 3.63) is 21.4 Å². The molecule has 1 aromatic rings. The molecule has 19 heavy (non-hydrogen) atoms. The fourth-order valence-electron chi connectivity index (χ4n) is 5.93. The highest BCUT2D eigenvalue weighted by Crippen LogP contribution is 2.61. The third-order valence-corrected chi connectivity index (χ3v) is 7.74. The molecule has 5 aliphatic rings. The number of nitrogens with one attached hydrogen (secondary N) is 1. The number of fused-ring (bicyclic) bond motifs is 1. The number of hydrogen-bond donors (Lipinski definition) is 1. The Balaban J connectivity index is 1.56. The van der Waals surface area contributed by atoms with Crippen LogP contribution in [-0.4, -0.2) is 6.54 Å². The van der Waals surface area contributed by atoms with Crippen molar-refractivity contribution in [2.24, 2.45) is 17.8 Å². The molecular weight excluding hydrogens is 250 g/mol. The zero-order valence-electron chi connectivity index (χ0n) is 11.6. The lowest BCUT2D eigenvalue weighted by atomic mass is 9.49. The lowest BCUT2D eigenvalue weighted by Gasteiger charge is -2.56. The van der Waals surface area contributed by atoms with Gasteiger partial charge in [0.05, 0.1) is 0 Å². The zero-order chi connectivity index (χ0) is 12.4. The van der Waals surface area contributed by atoms with Crippen LogP contribution in [-0.2, 0) is 18.4 Å². The van der Waals surface area contributed by atoms with Crippen molar-refractivity contribution in [2.45, 2.75) is 56.9 Å². The quantitative estimate of drug-likeness (QED) is 0.819. The molecule has 0 saturated heterocycles. The fraction of sp³-hybridized carbons (Fsp3) is 0.765. The summed E-state index contributed by atoms with van der Waals surface area (Å²) in [5.74, 6) is 3.22. The van der Waals surface area contributed by atoms with Crippen molar-refractivity contribution in [1.82, 2.24) is 5.32 Å². The van der Waals surface area contributed by atoms with Crippen LogP contribution in [0.4, 0.5) is 0 Å². The van der Waals surface area contributed by atoms with E-state index in [0.29, 0.717) is 5.41 Å². The highest BCUT2D eigenvalue weighted by Gasteiger charge is 2.52. The minimum atomic E-state index is 0.622. The highest BCUT2D eigenvalue weighted by molar-refractivity contribution is 7.12. The standard InChI is InChI=1S/C17H23NS/c1-2-18-10-15-14(1)6-16(19-15)17-7-11-3-12(8-17)5-13(4-11)9-17/h6,11-13,18H,1-5,7-10H2. The van der Waals surface area contributed by atoms with E-state index in [1.807, 2.05) is 0 Å². The summed E-state index contributed by atoms with van der Waals surface area (Å²) in [5.41, 5.74) is 2.30. The SMILES string of the molecule is c1c(C23CC4CC(CC(C4)C2)C3)sc2c1CCNC2. The van der Waals surface area contributed by atoms with Crippen LogP contribution in [0.2, 0.25) is 0 Å². The van der Waals surface area contributed by atoms with E-state index >= 15 is 0 Å². The molecule has 102 valence electrons. The second kappa shape index (κ2) is 3.85. The van der Waals surface area contributed by atoms with Gasteiger partial charge < -0.3 is 5.32 Å². The smallest absolute Gasteiger partial charge is 0.0302 e. The maximum absolute atomic E-state index is 3.54. The molecule has 4 aliphatic carbocycles. The minimum absolute atomic E-state index is 0.622. The lowest BCUT2D eigenvalue weighted by molar-refractivity contribution is -0.00348. The molecule has 0 unspecified atom stereocenters. The summed E-state index contributed by atoms with van der Waals surface area (Å²) in [6, 6.07) is 2.62. The number of hydrogen-bond acceptors (Lipinski definition) is 2. The molecule has 0 aromatic carbocycles. The molecule has 1 nitrogen and oxygen atoms in total. The molecule has 0 atom stereocenters. The summed E-state index contributed by atoms with van der Waals surface area (Å²) in [5, 5.41) is 3.54. The maximum atomic E-state index is 3.54. The Kier molecular flexibility index (Phi) is 2.30. The number of thiophene rings is 1. The van der Waals surface area contributed by atoms with Gasteiger partial charge in [-0.1, -0.05) is 0 Å². The van der Waals surface area contributed by atoms with E-state index in [9.17, 15) is 0 Å². The van der Waals surface area contributed by atoms with Gasteiger partial charge in [-0.2, -0.15) is 0 Å². The van der Waals surface area contributed by atoms with E-state index in [1.165, 1.54) is 32.2 Å². The molecule has 4 fully saturated rings. The van der Waals surface area contributed by atoms with Crippen LogP contribution in [0.15, 0.2) is 6.07 Å². The molecule has 6 rings (SSSR count). The molecule has 1 aromatic heterocycles. The van der Waals surface area contributed by atoms with Crippen LogP contribution >= 0.6 is 11.3 Å². The van der Waals surface area contributed by atoms with Gasteiger partial charge in [-0.3, -0.25) is 0 Å². The Hall–Kier alpha value is -0.340. The summed E-state index contributed by atoms with van der Waals surface area (Å²) in [6.45, 7) is 2.32. The van der Waals surface area contributed by atoms with Gasteiger partial charge in [0.2, 0.25) is 0 Å². The van der Waals surface area contributed by atoms with Crippen LogP contribution < -0.4 is 5.32 Å². The first kappa shape index (κ1) is 11.3. The predicted octanol–water partition coefficient (Wildman–Crippen LogP) is 3.86. The summed E-state index contributed by atoms with van der Waals surface area (Å²) < 4.78 is 0. The predicted molar refractivity (Wildman–Crippen MR) is 79.6 cm³/mol. The largest absolute Gasteiger partial charge is 0.312 e. The molecule has 0 amide bonds. The van der Waals surface area contributed by atoms with Crippen molar-refractivity contribution < 1.29 is 0 Å². The zero-order valence-corrected chi connectivity index (χ0v) is 12.4. The first-order valence-corrected chi connectivity index (χ1v) is 8.95. The third-order valence-electron chi connectivity index (χ3n) is 6.31. The molecule has 0 radical (unpaired) electrons. The molecule has 0 spiro atoms. The molecule has 1 aliphatic heterocycles. The van der Waals surface area contributed by atoms with Crippen molar-refractivity contribution in [3.8, 4) is 0 Å². The Morgan fingerprint density at radius 1 is 1.05 bits per heavy atom. The molecule has 2 heteroatoms. The van der Waals surface area contributed by atoms with Crippen LogP contribution in [0.1, 0.15) is 53.8 Å². The van der Waals surface area contributed by atoms with Crippen molar-refractivity contribution in [1.29, 1.82) is 0 Å². The first-order valence-electron chi connectivity index (χ1n) is 8.13. The van der Waals surface area contributed by atoms with Crippen molar-refractivity contribution >= 4 is 11.3 Å². The van der Waals surface area contributed by atoms with Gasteiger partial charge in [-0.05, 0) is 80.9 Å². The average Bonchev–Trinajstić information content (AvgIpc) is 2.81. The normalized spacial score (nSPS) is 43.5. The monoisotopic (exact) mass is 273 g/mol. The summed E-state index contributed by atoms with van der Waals surface area (Å²) in [7, 11) is 0. The van der Waals surface area contributed by atoms with E-state index < -0.39 is 0 Å². The molecule has 1 N–H and O–H groups in total. The first-order chi connectivity index (χ1) is 9.31. The van der Waals surface area contributed by atoms with Gasteiger partial charge >= 0.3 is 0 Å². The van der Waals surface area contributed by atoms with Gasteiger partial charge in [0.1, 0.15) is 0 Å². The minimum Gasteiger partial charge on any atom is -0.312 e. The van der Waals surface area contributed by atoms with Gasteiger partial charge in [0, 0.05) is 21.7 Å². The summed E-state index contributed by atoms with van der Waals surface area (Å²) in [6.07, 6.45) is 10.5. The molecule has 4 saturated carbocycles. The Bertz CT molecular complexity index is 457. The van der Waals surface area contributed by atoms with Crippen LogP contribution in [0.25, 0.3) is 0 Å². The van der Waals surface area contributed by atoms with Gasteiger partial charge in [0.15, 0.2) is 0 Å². The second-order valence-corrected chi connectivity index (χ2v) is 8.82. The van der Waals surface area contributed by atoms with Gasteiger partial charge in [0.25, 0.3) is 0 Å². The lowest BCUT2D eigenvalue weighted by Crippen LogP contribution is -2.48. The molecule has 4 bridgehead atoms. The van der Waals surface area contributed by atoms with Crippen LogP contribution in [0.3, 0.4) is 0 Å². The van der Waals surface area contributed by atoms with Crippen LogP contribution in [0.5, 0.6) is 0 Å². The Labute approximate surface area is 119 Å². The summed E-state index contributed by atoms with van der Waals surface area (Å²) >= 11 is 2.16. The van der Waals surface area contributed by atoms with Crippen molar-refractivity contribution in [3.63, 3.8) is 0 Å². The van der Waals surface area contributed by atoms with Gasteiger partial charge in [-0.15, -0.1) is 11.3 Å².